The van der Waals surface area contributed by atoms with Crippen LogP contribution >= 0.6 is 0 Å². The van der Waals surface area contributed by atoms with Gasteiger partial charge in [0.05, 0.1) is 5.54 Å². The second-order valence-corrected chi connectivity index (χ2v) is 14.6. The first-order valence-corrected chi connectivity index (χ1v) is 17.9. The zero-order valence-corrected chi connectivity index (χ0v) is 28.4. The largest absolute Gasteiger partial charge is 0.573 e. The summed E-state index contributed by atoms with van der Waals surface area (Å²) in [5.74, 6) is -0.0495. The van der Waals surface area contributed by atoms with Gasteiger partial charge >= 0.3 is 6.36 Å². The molecule has 0 spiro atoms. The summed E-state index contributed by atoms with van der Waals surface area (Å²) in [6.45, 7) is 6.91. The molecule has 9 heteroatoms. The maximum absolute atomic E-state index is 13.0. The van der Waals surface area contributed by atoms with Crippen molar-refractivity contribution in [3.8, 4) is 16.9 Å². The molecule has 7 rings (SSSR count). The lowest BCUT2D eigenvalue weighted by atomic mass is 9.78. The number of hydrogen-bond acceptors (Lipinski definition) is 5. The minimum Gasteiger partial charge on any atom is -0.406 e. The molecule has 2 aliphatic heterocycles. The summed E-state index contributed by atoms with van der Waals surface area (Å²) in [5, 5.41) is 1.08. The molecule has 2 bridgehead atoms. The van der Waals surface area contributed by atoms with Crippen molar-refractivity contribution in [2.45, 2.75) is 108 Å². The number of aryl methyl sites for hydroxylation is 2. The van der Waals surface area contributed by atoms with Gasteiger partial charge in [-0.3, -0.25) is 14.6 Å². The van der Waals surface area contributed by atoms with Crippen molar-refractivity contribution in [1.29, 1.82) is 0 Å². The lowest BCUT2D eigenvalue weighted by Gasteiger charge is -2.34. The summed E-state index contributed by atoms with van der Waals surface area (Å²) in [5.41, 5.74) is 12.7. The van der Waals surface area contributed by atoms with Crippen LogP contribution in [-0.4, -0.2) is 57.2 Å². The van der Waals surface area contributed by atoms with Gasteiger partial charge in [-0.1, -0.05) is 61.7 Å². The first-order valence-electron chi connectivity index (χ1n) is 17.9. The summed E-state index contributed by atoms with van der Waals surface area (Å²) in [6, 6.07) is 22.5. The number of nitrogens with two attached hydrogens (primary N) is 1. The molecule has 3 heterocycles. The first kappa shape index (κ1) is 33.8. The Balaban J connectivity index is 1.06. The van der Waals surface area contributed by atoms with Crippen LogP contribution in [0, 0.1) is 6.92 Å². The van der Waals surface area contributed by atoms with E-state index in [-0.39, 0.29) is 11.5 Å². The number of unbranched alkanes of at least 4 members (excludes halogenated alkanes) is 1. The van der Waals surface area contributed by atoms with Crippen molar-refractivity contribution in [3.05, 3.63) is 89.6 Å². The number of carbonyl (C=O) groups is 1. The van der Waals surface area contributed by atoms with Crippen LogP contribution in [0.15, 0.2) is 72.9 Å². The molecule has 2 saturated heterocycles. The number of fused-ring (bicyclic) bond motifs is 3. The third-order valence-corrected chi connectivity index (χ3v) is 11.2. The third-order valence-electron chi connectivity index (χ3n) is 11.2. The lowest BCUT2D eigenvalue weighted by Crippen LogP contribution is -2.49. The van der Waals surface area contributed by atoms with E-state index in [2.05, 4.69) is 74.7 Å². The zero-order chi connectivity index (χ0) is 34.2. The Labute approximate surface area is 287 Å². The molecule has 3 aromatic carbocycles. The van der Waals surface area contributed by atoms with Crippen LogP contribution < -0.4 is 10.5 Å². The number of rotatable bonds is 12. The van der Waals surface area contributed by atoms with Gasteiger partial charge in [-0.25, -0.2) is 0 Å². The zero-order valence-electron chi connectivity index (χ0n) is 28.4. The fourth-order valence-electron chi connectivity index (χ4n) is 8.43. The number of carbonyl (C=O) groups excluding carboxylic acids is 1. The topological polar surface area (TPSA) is 63.7 Å². The molecule has 1 saturated carbocycles. The number of piperazine rings is 1. The maximum atomic E-state index is 13.0. The van der Waals surface area contributed by atoms with Gasteiger partial charge < -0.3 is 15.0 Å². The van der Waals surface area contributed by atoms with Gasteiger partial charge in [-0.2, -0.15) is 0 Å². The van der Waals surface area contributed by atoms with Crippen molar-refractivity contribution in [2.24, 2.45) is 5.73 Å². The molecule has 3 fully saturated rings. The van der Waals surface area contributed by atoms with Crippen LogP contribution in [-0.2, 0) is 24.4 Å². The van der Waals surface area contributed by atoms with E-state index in [4.69, 9.17) is 5.73 Å². The van der Waals surface area contributed by atoms with Gasteiger partial charge in [0.2, 0.25) is 0 Å². The summed E-state index contributed by atoms with van der Waals surface area (Å²) < 4.78 is 44.9. The Morgan fingerprint density at radius 2 is 1.63 bits per heavy atom. The average Bonchev–Trinajstić information content (AvgIpc) is 3.77. The van der Waals surface area contributed by atoms with Crippen molar-refractivity contribution >= 4 is 16.7 Å². The van der Waals surface area contributed by atoms with Crippen LogP contribution in [0.4, 0.5) is 13.2 Å². The van der Waals surface area contributed by atoms with Crippen LogP contribution in [0.5, 0.6) is 5.75 Å². The van der Waals surface area contributed by atoms with Crippen molar-refractivity contribution < 1.29 is 22.7 Å². The Morgan fingerprint density at radius 3 is 2.33 bits per heavy atom. The summed E-state index contributed by atoms with van der Waals surface area (Å²) in [4.78, 5) is 18.2. The smallest absolute Gasteiger partial charge is 0.406 e. The van der Waals surface area contributed by atoms with Gasteiger partial charge in [-0.05, 0) is 85.5 Å². The van der Waals surface area contributed by atoms with Gasteiger partial charge in [0.1, 0.15) is 5.75 Å². The summed E-state index contributed by atoms with van der Waals surface area (Å²) in [6.07, 6.45) is 5.44. The molecule has 4 aromatic rings. The second-order valence-electron chi connectivity index (χ2n) is 14.6. The van der Waals surface area contributed by atoms with E-state index in [1.54, 1.807) is 12.1 Å². The first-order chi connectivity index (χ1) is 23.5. The number of halogens is 3. The minimum absolute atomic E-state index is 0.185. The quantitative estimate of drug-likeness (QED) is 0.153. The predicted octanol–water partition coefficient (Wildman–Crippen LogP) is 8.38. The normalized spacial score (nSPS) is 21.1. The number of hydrogen-bond donors (Lipinski definition) is 1. The second kappa shape index (κ2) is 13.9. The van der Waals surface area contributed by atoms with Gasteiger partial charge in [-0.15, -0.1) is 13.2 Å². The van der Waals surface area contributed by atoms with Gasteiger partial charge in [0.25, 0.3) is 0 Å². The Morgan fingerprint density at radius 1 is 0.918 bits per heavy atom. The SMILES string of the molecule is Cc1ccccc1CN1CC2CC1CN2Cc1ccc2c(c1)c(-c1ccc(OC(F)(F)F)cc1)cn2CCCCC(=O)C1(N)CCCCC1. The van der Waals surface area contributed by atoms with Crippen LogP contribution in [0.2, 0.25) is 0 Å². The highest BCUT2D eigenvalue weighted by Crippen LogP contribution is 2.37. The minimum atomic E-state index is -4.74. The average molecular weight is 673 g/mol. The fraction of sp³-hybridized carbons (Fsp3) is 0.475. The molecule has 49 heavy (non-hydrogen) atoms. The van der Waals surface area contributed by atoms with E-state index < -0.39 is 11.9 Å². The summed E-state index contributed by atoms with van der Waals surface area (Å²) in [7, 11) is 0. The molecule has 0 amide bonds. The molecular weight excluding hydrogens is 625 g/mol. The van der Waals surface area contributed by atoms with E-state index in [0.29, 0.717) is 18.5 Å². The van der Waals surface area contributed by atoms with Crippen LogP contribution in [0.1, 0.15) is 74.5 Å². The standard InChI is InChI=1S/C40H47F3N4O2/c1-28-9-3-4-10-31(28)24-47-26-32-22-33(47)25-46(32)23-29-12-17-37-35(21-29)36(30-13-15-34(16-14-30)49-40(41,42)43)27-45(37)20-8-5-11-38(48)39(44)18-6-2-7-19-39/h3-4,9-10,12-17,21,27,32-33H,2,5-8,11,18-20,22-26,44H2,1H3. The number of aromatic nitrogens is 1. The molecule has 2 N–H and O–H groups in total. The highest BCUT2D eigenvalue weighted by Gasteiger charge is 2.43. The molecule has 3 aliphatic rings. The van der Waals surface area contributed by atoms with E-state index in [9.17, 15) is 18.0 Å². The molecule has 2 atom stereocenters. The van der Waals surface area contributed by atoms with Crippen LogP contribution in [0.3, 0.4) is 0 Å². The number of alkyl halides is 3. The molecule has 0 radical (unpaired) electrons. The highest BCUT2D eigenvalue weighted by atomic mass is 19.4. The molecule has 2 unspecified atom stereocenters. The monoisotopic (exact) mass is 672 g/mol. The molecule has 260 valence electrons. The predicted molar refractivity (Wildman–Crippen MR) is 187 cm³/mol. The number of Topliss-reactive ketones (excluding diaryl/α,β-unsaturated/α-hetero) is 1. The highest BCUT2D eigenvalue weighted by molar-refractivity contribution is 5.96. The Hall–Kier alpha value is -3.66. The van der Waals surface area contributed by atoms with Crippen LogP contribution in [0.25, 0.3) is 22.0 Å². The maximum Gasteiger partial charge on any atom is 0.573 e. The van der Waals surface area contributed by atoms with Gasteiger partial charge in [0.15, 0.2) is 5.78 Å². The summed E-state index contributed by atoms with van der Waals surface area (Å²) >= 11 is 0. The Kier molecular flexibility index (Phi) is 9.61. The number of ether oxygens (including phenoxy) is 1. The van der Waals surface area contributed by atoms with Crippen molar-refractivity contribution in [2.75, 3.05) is 13.1 Å². The van der Waals surface area contributed by atoms with E-state index in [1.807, 2.05) is 0 Å². The molecular formula is C40H47F3N4O2. The van der Waals surface area contributed by atoms with Crippen molar-refractivity contribution in [1.82, 2.24) is 14.4 Å². The third kappa shape index (κ3) is 7.59. The molecule has 1 aromatic heterocycles. The van der Waals surface area contributed by atoms with Gasteiger partial charge in [0, 0.05) is 73.9 Å². The fourth-order valence-corrected chi connectivity index (χ4v) is 8.43. The number of ketones is 1. The van der Waals surface area contributed by atoms with E-state index >= 15 is 0 Å². The lowest BCUT2D eigenvalue weighted by molar-refractivity contribution is -0.274. The number of likely N-dealkylation sites (tertiary alicyclic amines) is 2. The van der Waals surface area contributed by atoms with E-state index in [0.717, 1.165) is 99.7 Å². The molecule has 1 aliphatic carbocycles. The van der Waals surface area contributed by atoms with E-state index in [1.165, 1.54) is 35.2 Å². The number of benzene rings is 3. The molecule has 6 nitrogen and oxygen atoms in total. The number of nitrogens with zero attached hydrogens (tertiary/aromatic N) is 3. The van der Waals surface area contributed by atoms with Crippen molar-refractivity contribution in [3.63, 3.8) is 0 Å². The Bertz CT molecular complexity index is 1780.